The average Bonchev–Trinajstić information content (AvgIpc) is 2.57. The zero-order valence-electron chi connectivity index (χ0n) is 14.0. The monoisotopic (exact) mass is 323 g/mol. The van der Waals surface area contributed by atoms with Crippen LogP contribution in [0.2, 0.25) is 0 Å². The quantitative estimate of drug-likeness (QED) is 0.698. The molecule has 0 radical (unpaired) electrons. The topological polar surface area (TPSA) is 84.9 Å². The van der Waals surface area contributed by atoms with Gasteiger partial charge in [0.15, 0.2) is 0 Å². The number of hydrogen-bond acceptors (Lipinski definition) is 6. The third-order valence-corrected chi connectivity index (χ3v) is 3.88. The molecule has 6 nitrogen and oxygen atoms in total. The van der Waals surface area contributed by atoms with Gasteiger partial charge >= 0.3 is 11.9 Å². The molecule has 1 aromatic carbocycles. The van der Waals surface area contributed by atoms with E-state index in [1.54, 1.807) is 6.92 Å². The van der Waals surface area contributed by atoms with Gasteiger partial charge in [-0.3, -0.25) is 9.59 Å². The van der Waals surface area contributed by atoms with Crippen LogP contribution in [-0.4, -0.2) is 43.4 Å². The third-order valence-electron chi connectivity index (χ3n) is 3.88. The molecule has 4 atom stereocenters. The number of methoxy groups -OCH3 is 2. The largest absolute Gasteiger partial charge is 0.469 e. The fraction of sp³-hybridized carbons (Fsp3) is 0.529. The van der Waals surface area contributed by atoms with Gasteiger partial charge in [-0.2, -0.15) is 0 Å². The number of hydrogen-bond donors (Lipinski definition) is 2. The third kappa shape index (κ3) is 5.33. The first-order valence-electron chi connectivity index (χ1n) is 7.53. The number of benzene rings is 1. The predicted octanol–water partition coefficient (Wildman–Crippen LogP) is 1.12. The Bertz CT molecular complexity index is 503. The number of carbonyl (C=O) groups excluding carboxylic acids is 2. The Morgan fingerprint density at radius 3 is 2.13 bits per heavy atom. The number of aliphatic hydroxyl groups is 1. The Morgan fingerprint density at radius 1 is 1.09 bits per heavy atom. The molecule has 0 saturated heterocycles. The smallest absolute Gasteiger partial charge is 0.312 e. The van der Waals surface area contributed by atoms with E-state index >= 15 is 0 Å². The molecule has 128 valence electrons. The standard InChI is InChI=1S/C17H25NO5/c1-11(16(20)22-3)15(14(12(2)19)17(21)23-4)18-10-13-8-6-5-7-9-13/h5-9,11-12,14-15,18-19H,10H2,1-4H3. The molecule has 0 aliphatic heterocycles. The molecule has 0 heterocycles. The van der Waals surface area contributed by atoms with Gasteiger partial charge in [-0.25, -0.2) is 0 Å². The van der Waals surface area contributed by atoms with Crippen LogP contribution in [0.15, 0.2) is 30.3 Å². The normalized spacial score (nSPS) is 16.0. The molecular formula is C17H25NO5. The Kier molecular flexibility index (Phi) is 7.71. The van der Waals surface area contributed by atoms with E-state index in [4.69, 9.17) is 9.47 Å². The lowest BCUT2D eigenvalue weighted by molar-refractivity contribution is -0.154. The van der Waals surface area contributed by atoms with E-state index in [0.29, 0.717) is 6.54 Å². The van der Waals surface area contributed by atoms with Crippen molar-refractivity contribution < 1.29 is 24.2 Å². The molecule has 4 unspecified atom stereocenters. The number of nitrogens with one attached hydrogen (secondary N) is 1. The molecule has 0 aliphatic carbocycles. The second-order valence-corrected chi connectivity index (χ2v) is 5.49. The van der Waals surface area contributed by atoms with Crippen molar-refractivity contribution in [3.05, 3.63) is 35.9 Å². The molecule has 0 aromatic heterocycles. The summed E-state index contributed by atoms with van der Waals surface area (Å²) in [5.74, 6) is -2.52. The maximum atomic E-state index is 12.0. The summed E-state index contributed by atoms with van der Waals surface area (Å²) < 4.78 is 9.55. The van der Waals surface area contributed by atoms with Crippen molar-refractivity contribution in [3.63, 3.8) is 0 Å². The fourth-order valence-corrected chi connectivity index (χ4v) is 2.56. The van der Waals surface area contributed by atoms with Gasteiger partial charge in [-0.15, -0.1) is 0 Å². The zero-order valence-corrected chi connectivity index (χ0v) is 14.0. The van der Waals surface area contributed by atoms with Crippen molar-refractivity contribution in [1.82, 2.24) is 5.32 Å². The lowest BCUT2D eigenvalue weighted by Crippen LogP contribution is -2.51. The maximum absolute atomic E-state index is 12.0. The van der Waals surface area contributed by atoms with Crippen LogP contribution in [0.4, 0.5) is 0 Å². The summed E-state index contributed by atoms with van der Waals surface area (Å²) in [5.41, 5.74) is 1.00. The predicted molar refractivity (Wildman–Crippen MR) is 85.4 cm³/mol. The van der Waals surface area contributed by atoms with E-state index in [2.05, 4.69) is 5.32 Å². The van der Waals surface area contributed by atoms with Gasteiger partial charge in [0.05, 0.1) is 32.2 Å². The van der Waals surface area contributed by atoms with E-state index in [1.807, 2.05) is 30.3 Å². The van der Waals surface area contributed by atoms with Gasteiger partial charge < -0.3 is 19.9 Å². The highest BCUT2D eigenvalue weighted by Crippen LogP contribution is 2.21. The molecular weight excluding hydrogens is 298 g/mol. The van der Waals surface area contributed by atoms with Crippen LogP contribution in [0.1, 0.15) is 19.4 Å². The van der Waals surface area contributed by atoms with Crippen molar-refractivity contribution in [2.24, 2.45) is 11.8 Å². The van der Waals surface area contributed by atoms with Crippen LogP contribution in [-0.2, 0) is 25.6 Å². The highest BCUT2D eigenvalue weighted by Gasteiger charge is 2.39. The van der Waals surface area contributed by atoms with E-state index < -0.39 is 35.9 Å². The highest BCUT2D eigenvalue weighted by molar-refractivity contribution is 5.77. The van der Waals surface area contributed by atoms with Crippen LogP contribution in [0.5, 0.6) is 0 Å². The van der Waals surface area contributed by atoms with Gasteiger partial charge in [0, 0.05) is 12.6 Å². The molecule has 1 rings (SSSR count). The van der Waals surface area contributed by atoms with Crippen LogP contribution >= 0.6 is 0 Å². The van der Waals surface area contributed by atoms with E-state index in [-0.39, 0.29) is 0 Å². The van der Waals surface area contributed by atoms with Crippen LogP contribution in [0.3, 0.4) is 0 Å². The van der Waals surface area contributed by atoms with Crippen molar-refractivity contribution in [2.45, 2.75) is 32.5 Å². The van der Waals surface area contributed by atoms with E-state index in [9.17, 15) is 14.7 Å². The number of ether oxygens (including phenoxy) is 2. The summed E-state index contributed by atoms with van der Waals surface area (Å²) in [4.78, 5) is 24.0. The number of esters is 2. The van der Waals surface area contributed by atoms with Crippen LogP contribution in [0, 0.1) is 11.8 Å². The van der Waals surface area contributed by atoms with Crippen molar-refractivity contribution in [1.29, 1.82) is 0 Å². The van der Waals surface area contributed by atoms with Gasteiger partial charge in [-0.05, 0) is 12.5 Å². The van der Waals surface area contributed by atoms with Crippen molar-refractivity contribution >= 4 is 11.9 Å². The van der Waals surface area contributed by atoms with Crippen molar-refractivity contribution in [3.8, 4) is 0 Å². The molecule has 0 spiro atoms. The first kappa shape index (κ1) is 19.1. The Balaban J connectivity index is 2.99. The molecule has 23 heavy (non-hydrogen) atoms. The minimum atomic E-state index is -0.970. The molecule has 1 aromatic rings. The number of aliphatic hydroxyl groups excluding tert-OH is 1. The molecule has 0 saturated carbocycles. The van der Waals surface area contributed by atoms with Crippen LogP contribution < -0.4 is 5.32 Å². The molecule has 2 N–H and O–H groups in total. The van der Waals surface area contributed by atoms with E-state index in [1.165, 1.54) is 21.1 Å². The van der Waals surface area contributed by atoms with Gasteiger partial charge in [0.2, 0.25) is 0 Å². The molecule has 6 heteroatoms. The van der Waals surface area contributed by atoms with Crippen LogP contribution in [0.25, 0.3) is 0 Å². The number of carbonyl (C=O) groups is 2. The summed E-state index contributed by atoms with van der Waals surface area (Å²) in [7, 11) is 2.55. The minimum Gasteiger partial charge on any atom is -0.469 e. The Hall–Kier alpha value is -1.92. The zero-order chi connectivity index (χ0) is 17.4. The minimum absolute atomic E-state index is 0.451. The summed E-state index contributed by atoms with van der Waals surface area (Å²) in [5, 5.41) is 13.2. The second-order valence-electron chi connectivity index (χ2n) is 5.49. The van der Waals surface area contributed by atoms with Gasteiger partial charge in [0.25, 0.3) is 0 Å². The first-order chi connectivity index (χ1) is 10.9. The summed E-state index contributed by atoms with van der Waals surface area (Å²) in [6, 6.07) is 8.97. The SMILES string of the molecule is COC(=O)C(C)C(NCc1ccccc1)C(C(=O)OC)C(C)O. The fourth-order valence-electron chi connectivity index (χ4n) is 2.56. The summed E-state index contributed by atoms with van der Waals surface area (Å²) in [6.07, 6.45) is -0.970. The number of rotatable bonds is 8. The molecule has 0 bridgehead atoms. The lowest BCUT2D eigenvalue weighted by Gasteiger charge is -2.31. The highest BCUT2D eigenvalue weighted by atomic mass is 16.5. The maximum Gasteiger partial charge on any atom is 0.312 e. The molecule has 0 amide bonds. The van der Waals surface area contributed by atoms with Crippen molar-refractivity contribution in [2.75, 3.05) is 14.2 Å². The Morgan fingerprint density at radius 2 is 1.65 bits per heavy atom. The lowest BCUT2D eigenvalue weighted by atomic mass is 9.85. The average molecular weight is 323 g/mol. The van der Waals surface area contributed by atoms with E-state index in [0.717, 1.165) is 5.56 Å². The molecule has 0 fully saturated rings. The summed E-state index contributed by atoms with van der Waals surface area (Å²) in [6.45, 7) is 3.61. The van der Waals surface area contributed by atoms with Gasteiger partial charge in [0.1, 0.15) is 0 Å². The first-order valence-corrected chi connectivity index (χ1v) is 7.53. The van der Waals surface area contributed by atoms with Gasteiger partial charge in [-0.1, -0.05) is 37.3 Å². The Labute approximate surface area is 136 Å². The second kappa shape index (κ2) is 9.27. The molecule has 0 aliphatic rings. The summed E-state index contributed by atoms with van der Waals surface area (Å²) >= 11 is 0.